The van der Waals surface area contributed by atoms with Crippen LogP contribution >= 0.6 is 0 Å². The first-order chi connectivity index (χ1) is 11.4. The molecule has 3 rings (SSSR count). The number of carbonyl (C=O) groups is 3. The molecule has 0 radical (unpaired) electrons. The first-order valence-corrected chi connectivity index (χ1v) is 7.32. The van der Waals surface area contributed by atoms with Crippen LogP contribution in [0.15, 0.2) is 18.0 Å². The van der Waals surface area contributed by atoms with Crippen LogP contribution in [-0.2, 0) is 4.79 Å². The largest absolute Gasteiger partial charge is 0.465 e. The van der Waals surface area contributed by atoms with E-state index in [1.807, 2.05) is 4.90 Å². The molecule has 1 unspecified atom stereocenters. The van der Waals surface area contributed by atoms with Gasteiger partial charge in [0.15, 0.2) is 0 Å². The molecule has 0 spiro atoms. The van der Waals surface area contributed by atoms with Crippen LogP contribution in [0.25, 0.3) is 6.08 Å². The van der Waals surface area contributed by atoms with E-state index >= 15 is 0 Å². The molecule has 1 atom stereocenters. The number of imide groups is 1. The van der Waals surface area contributed by atoms with Gasteiger partial charge >= 0.3 is 12.1 Å². The standard InChI is InChI=1S/C14H16N6O4/c1-19-10(11(21)18-13(19)22)6-8-2-4-15-12(16-8)20-5-3-9(7-20)17-14(23)24/h2,4,6,9,17H,3,5,7H2,1H3,(H,23,24)(H,18,21,22)/b10-6-. The molecule has 2 aliphatic rings. The first kappa shape index (κ1) is 15.7. The van der Waals surface area contributed by atoms with Crippen LogP contribution in [0.1, 0.15) is 12.1 Å². The van der Waals surface area contributed by atoms with Crippen molar-refractivity contribution >= 4 is 30.1 Å². The molecule has 2 saturated heterocycles. The third-order valence-corrected chi connectivity index (χ3v) is 3.87. The van der Waals surface area contributed by atoms with Crippen molar-refractivity contribution in [3.63, 3.8) is 0 Å². The zero-order chi connectivity index (χ0) is 17.3. The SMILES string of the molecule is CN1C(=O)NC(=O)/C1=C/c1ccnc(N2CCC(NC(=O)O)C2)n1. The summed E-state index contributed by atoms with van der Waals surface area (Å²) in [6.45, 7) is 1.11. The van der Waals surface area contributed by atoms with Crippen molar-refractivity contribution in [2.45, 2.75) is 12.5 Å². The Labute approximate surface area is 137 Å². The van der Waals surface area contributed by atoms with Crippen molar-refractivity contribution in [3.8, 4) is 0 Å². The minimum absolute atomic E-state index is 0.169. The highest BCUT2D eigenvalue weighted by Gasteiger charge is 2.30. The fraction of sp³-hybridized carbons (Fsp3) is 0.357. The lowest BCUT2D eigenvalue weighted by Gasteiger charge is -2.16. The number of nitrogens with one attached hydrogen (secondary N) is 2. The maximum absolute atomic E-state index is 11.7. The lowest BCUT2D eigenvalue weighted by Crippen LogP contribution is -2.36. The number of hydrogen-bond acceptors (Lipinski definition) is 6. The van der Waals surface area contributed by atoms with E-state index in [2.05, 4.69) is 20.6 Å². The highest BCUT2D eigenvalue weighted by Crippen LogP contribution is 2.18. The number of rotatable bonds is 3. The van der Waals surface area contributed by atoms with E-state index in [1.165, 1.54) is 18.0 Å². The summed E-state index contributed by atoms with van der Waals surface area (Å²) in [5.41, 5.74) is 0.692. The van der Waals surface area contributed by atoms with E-state index in [-0.39, 0.29) is 11.7 Å². The molecule has 0 aliphatic carbocycles. The van der Waals surface area contributed by atoms with Crippen LogP contribution in [-0.4, -0.2) is 64.2 Å². The highest BCUT2D eigenvalue weighted by molar-refractivity contribution is 6.13. The molecular formula is C14H16N6O4. The molecule has 2 fully saturated rings. The smallest absolute Gasteiger partial charge is 0.404 e. The van der Waals surface area contributed by atoms with Gasteiger partial charge in [-0.2, -0.15) is 0 Å². The van der Waals surface area contributed by atoms with E-state index in [0.717, 1.165) is 0 Å². The normalized spacial score (nSPS) is 22.2. The van der Waals surface area contributed by atoms with Gasteiger partial charge in [0.2, 0.25) is 5.95 Å². The lowest BCUT2D eigenvalue weighted by atomic mass is 10.3. The molecule has 3 heterocycles. The Morgan fingerprint density at radius 2 is 2.29 bits per heavy atom. The molecule has 2 aliphatic heterocycles. The van der Waals surface area contributed by atoms with E-state index in [4.69, 9.17) is 5.11 Å². The number of hydrogen-bond donors (Lipinski definition) is 3. The summed E-state index contributed by atoms with van der Waals surface area (Å²) in [6, 6.07) is 0.976. The average molecular weight is 332 g/mol. The topological polar surface area (TPSA) is 128 Å². The summed E-state index contributed by atoms with van der Waals surface area (Å²) in [5.74, 6) is -0.0269. The van der Waals surface area contributed by atoms with Crippen molar-refractivity contribution in [1.29, 1.82) is 0 Å². The molecular weight excluding hydrogens is 316 g/mol. The molecule has 1 aromatic rings. The fourth-order valence-electron chi connectivity index (χ4n) is 2.64. The fourth-order valence-corrected chi connectivity index (χ4v) is 2.64. The second kappa shape index (κ2) is 6.14. The minimum Gasteiger partial charge on any atom is -0.465 e. The molecule has 0 saturated carbocycles. The Hall–Kier alpha value is -3.17. The Bertz CT molecular complexity index is 734. The number of carboxylic acid groups (broad SMARTS) is 1. The summed E-state index contributed by atoms with van der Waals surface area (Å²) < 4.78 is 0. The summed E-state index contributed by atoms with van der Waals surface area (Å²) in [7, 11) is 1.50. The van der Waals surface area contributed by atoms with Crippen molar-refractivity contribution in [2.75, 3.05) is 25.0 Å². The molecule has 10 nitrogen and oxygen atoms in total. The predicted octanol–water partition coefficient (Wildman–Crippen LogP) is -0.155. The molecule has 10 heteroatoms. The molecule has 4 amide bonds. The first-order valence-electron chi connectivity index (χ1n) is 7.32. The summed E-state index contributed by atoms with van der Waals surface area (Å²) in [6.07, 6.45) is 2.68. The maximum Gasteiger partial charge on any atom is 0.404 e. The maximum atomic E-state index is 11.7. The second-order valence-corrected chi connectivity index (χ2v) is 5.51. The number of amides is 4. The van der Waals surface area contributed by atoms with Gasteiger partial charge in [0, 0.05) is 26.3 Å². The molecule has 24 heavy (non-hydrogen) atoms. The van der Waals surface area contributed by atoms with Crippen LogP contribution in [0.3, 0.4) is 0 Å². The summed E-state index contributed by atoms with van der Waals surface area (Å²) in [5, 5.41) is 13.4. The Balaban J connectivity index is 1.77. The van der Waals surface area contributed by atoms with Crippen LogP contribution in [0.5, 0.6) is 0 Å². The lowest BCUT2D eigenvalue weighted by molar-refractivity contribution is -0.115. The second-order valence-electron chi connectivity index (χ2n) is 5.51. The van der Waals surface area contributed by atoms with Crippen LogP contribution in [0.2, 0.25) is 0 Å². The van der Waals surface area contributed by atoms with Gasteiger partial charge in [0.1, 0.15) is 5.70 Å². The number of likely N-dealkylation sites (N-methyl/N-ethyl adjacent to an activating group) is 1. The zero-order valence-corrected chi connectivity index (χ0v) is 12.9. The number of urea groups is 1. The minimum atomic E-state index is -1.05. The van der Waals surface area contributed by atoms with Gasteiger partial charge < -0.3 is 15.3 Å². The summed E-state index contributed by atoms with van der Waals surface area (Å²) >= 11 is 0. The van der Waals surface area contributed by atoms with Crippen molar-refractivity contribution in [1.82, 2.24) is 25.5 Å². The van der Waals surface area contributed by atoms with Gasteiger partial charge in [-0.05, 0) is 18.6 Å². The molecule has 126 valence electrons. The van der Waals surface area contributed by atoms with Crippen LogP contribution < -0.4 is 15.5 Å². The van der Waals surface area contributed by atoms with Gasteiger partial charge in [0.05, 0.1) is 11.7 Å². The van der Waals surface area contributed by atoms with E-state index in [9.17, 15) is 14.4 Å². The van der Waals surface area contributed by atoms with E-state index in [1.54, 1.807) is 12.3 Å². The van der Waals surface area contributed by atoms with Crippen LogP contribution in [0, 0.1) is 0 Å². The molecule has 3 N–H and O–H groups in total. The highest BCUT2D eigenvalue weighted by atomic mass is 16.4. The average Bonchev–Trinajstić information content (AvgIpc) is 3.08. The molecule has 0 bridgehead atoms. The van der Waals surface area contributed by atoms with Gasteiger partial charge in [-0.3, -0.25) is 15.0 Å². The van der Waals surface area contributed by atoms with Gasteiger partial charge in [-0.15, -0.1) is 0 Å². The van der Waals surface area contributed by atoms with E-state index < -0.39 is 18.0 Å². The third-order valence-electron chi connectivity index (χ3n) is 3.87. The van der Waals surface area contributed by atoms with Crippen LogP contribution in [0.4, 0.5) is 15.5 Å². The number of anilines is 1. The zero-order valence-electron chi connectivity index (χ0n) is 12.9. The summed E-state index contributed by atoms with van der Waals surface area (Å²) in [4.78, 5) is 45.5. The molecule has 1 aromatic heterocycles. The predicted molar refractivity (Wildman–Crippen MR) is 83.1 cm³/mol. The number of nitrogens with zero attached hydrogens (tertiary/aromatic N) is 4. The number of carbonyl (C=O) groups excluding carboxylic acids is 2. The Morgan fingerprint density at radius 1 is 1.50 bits per heavy atom. The van der Waals surface area contributed by atoms with Gasteiger partial charge in [-0.1, -0.05) is 0 Å². The van der Waals surface area contributed by atoms with Gasteiger partial charge in [-0.25, -0.2) is 19.6 Å². The van der Waals surface area contributed by atoms with E-state index in [0.29, 0.717) is 31.2 Å². The third kappa shape index (κ3) is 3.12. The quantitative estimate of drug-likeness (QED) is 0.518. The Morgan fingerprint density at radius 3 is 2.96 bits per heavy atom. The van der Waals surface area contributed by atoms with Gasteiger partial charge in [0.25, 0.3) is 5.91 Å². The Kier molecular flexibility index (Phi) is 4.02. The van der Waals surface area contributed by atoms with Crippen molar-refractivity contribution < 1.29 is 19.5 Å². The monoisotopic (exact) mass is 332 g/mol. The van der Waals surface area contributed by atoms with Crippen molar-refractivity contribution in [2.24, 2.45) is 0 Å². The number of aromatic nitrogens is 2. The van der Waals surface area contributed by atoms with Crippen molar-refractivity contribution in [3.05, 3.63) is 23.7 Å². The molecule has 0 aromatic carbocycles.